The van der Waals surface area contributed by atoms with Gasteiger partial charge < -0.3 is 9.84 Å². The average Bonchev–Trinajstić information content (AvgIpc) is 2.46. The highest BCUT2D eigenvalue weighted by Crippen LogP contribution is 2.33. The first-order valence-corrected chi connectivity index (χ1v) is 8.16. The second kappa shape index (κ2) is 6.36. The number of ether oxygens (including phenoxy) is 1. The molecule has 0 unspecified atom stereocenters. The van der Waals surface area contributed by atoms with E-state index < -0.39 is 39.0 Å². The molecule has 1 heterocycles. The number of halogens is 3. The Kier molecular flexibility index (Phi) is 4.85. The molecule has 0 aromatic heterocycles. The maximum absolute atomic E-state index is 12.6. The molecule has 0 radical (unpaired) electrons. The van der Waals surface area contributed by atoms with E-state index in [0.717, 1.165) is 16.4 Å². The van der Waals surface area contributed by atoms with Crippen molar-refractivity contribution >= 4 is 16.0 Å². The molecule has 1 aromatic carbocycles. The fraction of sp³-hybridized carbons (Fsp3) is 0.462. The van der Waals surface area contributed by atoms with Crippen LogP contribution in [-0.4, -0.2) is 42.7 Å². The highest BCUT2D eigenvalue weighted by molar-refractivity contribution is 7.89. The standard InChI is InChI=1S/C13H14F3NO5S/c14-13(15,16)22-10-6-1-2-7-11(10)23(20,21)17-8-4-3-5-9(17)12(18)19/h1-2,6-7,9H,3-5,8H2,(H,18,19)/t9-/m1/s1. The minimum Gasteiger partial charge on any atom is -0.480 e. The van der Waals surface area contributed by atoms with Crippen molar-refractivity contribution in [2.24, 2.45) is 0 Å². The summed E-state index contributed by atoms with van der Waals surface area (Å²) < 4.78 is 67.0. The van der Waals surface area contributed by atoms with Gasteiger partial charge in [-0.1, -0.05) is 12.1 Å². The first-order chi connectivity index (χ1) is 10.6. The molecular weight excluding hydrogens is 339 g/mol. The summed E-state index contributed by atoms with van der Waals surface area (Å²) in [6.07, 6.45) is -3.98. The van der Waals surface area contributed by atoms with Crippen molar-refractivity contribution in [1.29, 1.82) is 0 Å². The zero-order valence-corrected chi connectivity index (χ0v) is 12.6. The van der Waals surface area contributed by atoms with Crippen molar-refractivity contribution in [2.75, 3.05) is 6.54 Å². The molecule has 1 N–H and O–H groups in total. The van der Waals surface area contributed by atoms with Crippen molar-refractivity contribution in [2.45, 2.75) is 36.6 Å². The van der Waals surface area contributed by atoms with E-state index in [4.69, 9.17) is 5.11 Å². The lowest BCUT2D eigenvalue weighted by molar-refractivity contribution is -0.275. The predicted octanol–water partition coefficient (Wildman–Crippen LogP) is 2.21. The Morgan fingerprint density at radius 1 is 1.26 bits per heavy atom. The number of piperidine rings is 1. The summed E-state index contributed by atoms with van der Waals surface area (Å²) >= 11 is 0. The lowest BCUT2D eigenvalue weighted by Crippen LogP contribution is -2.47. The van der Waals surface area contributed by atoms with Gasteiger partial charge in [0.15, 0.2) is 0 Å². The molecule has 1 aliphatic rings. The zero-order valence-electron chi connectivity index (χ0n) is 11.8. The topological polar surface area (TPSA) is 83.9 Å². The molecule has 128 valence electrons. The van der Waals surface area contributed by atoms with Gasteiger partial charge in [-0.3, -0.25) is 4.79 Å². The third-order valence-corrected chi connectivity index (χ3v) is 5.35. The number of para-hydroxylation sites is 1. The summed E-state index contributed by atoms with van der Waals surface area (Å²) in [5.41, 5.74) is 0. The van der Waals surface area contributed by atoms with Gasteiger partial charge in [0.2, 0.25) is 10.0 Å². The van der Waals surface area contributed by atoms with Gasteiger partial charge >= 0.3 is 12.3 Å². The zero-order chi connectivity index (χ0) is 17.3. The van der Waals surface area contributed by atoms with Crippen LogP contribution in [-0.2, 0) is 14.8 Å². The van der Waals surface area contributed by atoms with E-state index in [9.17, 15) is 26.4 Å². The summed E-state index contributed by atoms with van der Waals surface area (Å²) in [5, 5.41) is 9.16. The molecule has 6 nitrogen and oxygen atoms in total. The number of carboxylic acids is 1. The first-order valence-electron chi connectivity index (χ1n) is 6.72. The Hall–Kier alpha value is -1.81. The lowest BCUT2D eigenvalue weighted by atomic mass is 10.1. The molecule has 1 atom stereocenters. The Morgan fingerprint density at radius 2 is 1.91 bits per heavy atom. The summed E-state index contributed by atoms with van der Waals surface area (Å²) in [4.78, 5) is 10.5. The number of nitrogens with zero attached hydrogens (tertiary/aromatic N) is 1. The molecule has 0 saturated carbocycles. The highest BCUT2D eigenvalue weighted by Gasteiger charge is 2.40. The smallest absolute Gasteiger partial charge is 0.480 e. The average molecular weight is 353 g/mol. The van der Waals surface area contributed by atoms with E-state index in [2.05, 4.69) is 4.74 Å². The molecule has 1 fully saturated rings. The number of hydrogen-bond donors (Lipinski definition) is 1. The Morgan fingerprint density at radius 3 is 2.52 bits per heavy atom. The van der Waals surface area contributed by atoms with Crippen molar-refractivity contribution in [1.82, 2.24) is 4.31 Å². The number of carbonyl (C=O) groups is 1. The number of carboxylic acid groups (broad SMARTS) is 1. The number of rotatable bonds is 4. The molecule has 0 spiro atoms. The molecule has 0 amide bonds. The number of aliphatic carboxylic acids is 1. The van der Waals surface area contributed by atoms with Gasteiger partial charge in [-0.05, 0) is 31.4 Å². The van der Waals surface area contributed by atoms with Crippen LogP contribution < -0.4 is 4.74 Å². The SMILES string of the molecule is O=C(O)[C@H]1CCCCN1S(=O)(=O)c1ccccc1OC(F)(F)F. The minimum atomic E-state index is -5.06. The van der Waals surface area contributed by atoms with Crippen LogP contribution in [0.5, 0.6) is 5.75 Å². The van der Waals surface area contributed by atoms with Crippen LogP contribution in [0.3, 0.4) is 0 Å². The largest absolute Gasteiger partial charge is 0.573 e. The summed E-state index contributed by atoms with van der Waals surface area (Å²) in [6, 6.07) is 2.98. The van der Waals surface area contributed by atoms with Crippen molar-refractivity contribution < 1.29 is 36.2 Å². The molecule has 10 heteroatoms. The number of alkyl halides is 3. The van der Waals surface area contributed by atoms with Crippen LogP contribution in [0, 0.1) is 0 Å². The van der Waals surface area contributed by atoms with Crippen LogP contribution >= 0.6 is 0 Å². The van der Waals surface area contributed by atoms with Crippen LogP contribution in [0.2, 0.25) is 0 Å². The fourth-order valence-corrected chi connectivity index (χ4v) is 4.21. The molecule has 1 aromatic rings. The maximum Gasteiger partial charge on any atom is 0.573 e. The normalized spacial score (nSPS) is 20.2. The maximum atomic E-state index is 12.6. The van der Waals surface area contributed by atoms with Crippen molar-refractivity contribution in [3.63, 3.8) is 0 Å². The number of benzene rings is 1. The second-order valence-corrected chi connectivity index (χ2v) is 6.82. The van der Waals surface area contributed by atoms with Crippen LogP contribution in [0.15, 0.2) is 29.2 Å². The van der Waals surface area contributed by atoms with Crippen LogP contribution in [0.1, 0.15) is 19.3 Å². The lowest BCUT2D eigenvalue weighted by Gasteiger charge is -2.32. The summed E-state index contributed by atoms with van der Waals surface area (Å²) in [5.74, 6) is -2.21. The van der Waals surface area contributed by atoms with E-state index in [0.29, 0.717) is 12.8 Å². The predicted molar refractivity (Wildman–Crippen MR) is 72.3 cm³/mol. The number of sulfonamides is 1. The van der Waals surface area contributed by atoms with E-state index in [-0.39, 0.29) is 13.0 Å². The minimum absolute atomic E-state index is 0.0698. The van der Waals surface area contributed by atoms with E-state index in [1.807, 2.05) is 0 Å². The second-order valence-electron chi connectivity index (χ2n) is 4.96. The molecule has 0 bridgehead atoms. The molecule has 1 aliphatic heterocycles. The fourth-order valence-electron chi connectivity index (χ4n) is 2.44. The van der Waals surface area contributed by atoms with Gasteiger partial charge in [-0.25, -0.2) is 8.42 Å². The quantitative estimate of drug-likeness (QED) is 0.897. The monoisotopic (exact) mass is 353 g/mol. The van der Waals surface area contributed by atoms with Gasteiger partial charge in [0.05, 0.1) is 0 Å². The Balaban J connectivity index is 2.45. The molecule has 1 saturated heterocycles. The third kappa shape index (κ3) is 3.94. The molecule has 0 aliphatic carbocycles. The van der Waals surface area contributed by atoms with Gasteiger partial charge in [-0.15, -0.1) is 13.2 Å². The van der Waals surface area contributed by atoms with Crippen molar-refractivity contribution in [3.8, 4) is 5.75 Å². The highest BCUT2D eigenvalue weighted by atomic mass is 32.2. The van der Waals surface area contributed by atoms with E-state index >= 15 is 0 Å². The van der Waals surface area contributed by atoms with Gasteiger partial charge in [0, 0.05) is 6.54 Å². The molecule has 2 rings (SSSR count). The number of hydrogen-bond acceptors (Lipinski definition) is 4. The van der Waals surface area contributed by atoms with E-state index in [1.54, 1.807) is 0 Å². The molecule has 23 heavy (non-hydrogen) atoms. The van der Waals surface area contributed by atoms with Crippen LogP contribution in [0.4, 0.5) is 13.2 Å². The van der Waals surface area contributed by atoms with Crippen molar-refractivity contribution in [3.05, 3.63) is 24.3 Å². The Labute approximate surface area is 130 Å². The van der Waals surface area contributed by atoms with Gasteiger partial charge in [-0.2, -0.15) is 4.31 Å². The molecular formula is C13H14F3NO5S. The van der Waals surface area contributed by atoms with Gasteiger partial charge in [0.25, 0.3) is 0 Å². The van der Waals surface area contributed by atoms with E-state index in [1.165, 1.54) is 12.1 Å². The van der Waals surface area contributed by atoms with Crippen LogP contribution in [0.25, 0.3) is 0 Å². The third-order valence-electron chi connectivity index (χ3n) is 3.40. The first kappa shape index (κ1) is 17.5. The Bertz CT molecular complexity index is 689. The summed E-state index contributed by atoms with van der Waals surface area (Å²) in [7, 11) is -4.43. The summed E-state index contributed by atoms with van der Waals surface area (Å²) in [6.45, 7) is -0.0698. The van der Waals surface area contributed by atoms with Gasteiger partial charge in [0.1, 0.15) is 16.7 Å².